The van der Waals surface area contributed by atoms with Crippen molar-refractivity contribution in [3.8, 4) is 11.8 Å². The lowest BCUT2D eigenvalue weighted by Crippen LogP contribution is -1.95. The van der Waals surface area contributed by atoms with Crippen LogP contribution in [0.25, 0.3) is 0 Å². The van der Waals surface area contributed by atoms with Gasteiger partial charge in [0.2, 0.25) is 0 Å². The average Bonchev–Trinajstić information content (AvgIpc) is 2.17. The standard InChI is InChI=1S/C11H10BrNO2/c1-9-5-4-7-10(6-2-3-8-12)11(9)13(14)15/h4-5,7H,3,8H2,1H3. The first-order valence-corrected chi connectivity index (χ1v) is 5.58. The summed E-state index contributed by atoms with van der Waals surface area (Å²) in [6.45, 7) is 1.72. The van der Waals surface area contributed by atoms with Gasteiger partial charge in [0.1, 0.15) is 5.56 Å². The molecule has 0 saturated carbocycles. The molecular weight excluding hydrogens is 258 g/mol. The Morgan fingerprint density at radius 3 is 2.87 bits per heavy atom. The number of hydrogen-bond donors (Lipinski definition) is 0. The number of rotatable bonds is 2. The zero-order chi connectivity index (χ0) is 11.3. The Kier molecular flexibility index (Phi) is 4.32. The molecule has 0 unspecified atom stereocenters. The second-order valence-corrected chi connectivity index (χ2v) is 3.76. The quantitative estimate of drug-likeness (QED) is 0.358. The number of hydrogen-bond acceptors (Lipinski definition) is 2. The Morgan fingerprint density at radius 1 is 1.53 bits per heavy atom. The molecule has 0 amide bonds. The fourth-order valence-electron chi connectivity index (χ4n) is 1.21. The van der Waals surface area contributed by atoms with Crippen molar-refractivity contribution in [1.82, 2.24) is 0 Å². The minimum Gasteiger partial charge on any atom is -0.258 e. The molecule has 4 heteroatoms. The second kappa shape index (κ2) is 5.52. The van der Waals surface area contributed by atoms with Gasteiger partial charge in [-0.3, -0.25) is 10.1 Å². The Bertz CT molecular complexity index is 432. The van der Waals surface area contributed by atoms with Crippen molar-refractivity contribution < 1.29 is 4.92 Å². The smallest absolute Gasteiger partial charge is 0.258 e. The molecule has 0 aliphatic heterocycles. The van der Waals surface area contributed by atoms with Gasteiger partial charge in [0.15, 0.2) is 0 Å². The highest BCUT2D eigenvalue weighted by Gasteiger charge is 2.14. The van der Waals surface area contributed by atoms with Gasteiger partial charge in [0, 0.05) is 17.3 Å². The van der Waals surface area contributed by atoms with E-state index in [0.717, 1.165) is 5.33 Å². The Balaban J connectivity index is 3.13. The highest BCUT2D eigenvalue weighted by atomic mass is 79.9. The molecular formula is C11H10BrNO2. The predicted molar refractivity (Wildman–Crippen MR) is 63.1 cm³/mol. The SMILES string of the molecule is Cc1cccc(C#CCCBr)c1[N+](=O)[O-]. The third-order valence-electron chi connectivity index (χ3n) is 1.86. The molecule has 0 bridgehead atoms. The summed E-state index contributed by atoms with van der Waals surface area (Å²) in [6.07, 6.45) is 0.686. The van der Waals surface area contributed by atoms with Crippen LogP contribution in [0.1, 0.15) is 17.5 Å². The van der Waals surface area contributed by atoms with Gasteiger partial charge in [-0.2, -0.15) is 0 Å². The van der Waals surface area contributed by atoms with E-state index in [9.17, 15) is 10.1 Å². The molecule has 0 heterocycles. The highest BCUT2D eigenvalue weighted by Crippen LogP contribution is 2.21. The number of nitro benzene ring substituents is 1. The summed E-state index contributed by atoms with van der Waals surface area (Å²) in [5, 5.41) is 11.6. The first kappa shape index (κ1) is 11.7. The molecule has 0 radical (unpaired) electrons. The molecule has 1 aromatic carbocycles. The molecule has 0 spiro atoms. The lowest BCUT2D eigenvalue weighted by molar-refractivity contribution is -0.385. The second-order valence-electron chi connectivity index (χ2n) is 2.97. The number of aryl methyl sites for hydroxylation is 1. The first-order valence-electron chi connectivity index (χ1n) is 4.45. The first-order chi connectivity index (χ1) is 7.16. The van der Waals surface area contributed by atoms with Crippen LogP contribution in [0.15, 0.2) is 18.2 Å². The van der Waals surface area contributed by atoms with Crippen molar-refractivity contribution in [2.45, 2.75) is 13.3 Å². The summed E-state index contributed by atoms with van der Waals surface area (Å²) < 4.78 is 0. The van der Waals surface area contributed by atoms with Crippen LogP contribution in [-0.4, -0.2) is 10.3 Å². The van der Waals surface area contributed by atoms with E-state index in [1.165, 1.54) is 0 Å². The monoisotopic (exact) mass is 267 g/mol. The van der Waals surface area contributed by atoms with Gasteiger partial charge >= 0.3 is 0 Å². The minimum absolute atomic E-state index is 0.111. The molecule has 0 saturated heterocycles. The summed E-state index contributed by atoms with van der Waals surface area (Å²) in [4.78, 5) is 10.4. The molecule has 1 rings (SSSR count). The number of halogens is 1. The third-order valence-corrected chi connectivity index (χ3v) is 2.26. The zero-order valence-electron chi connectivity index (χ0n) is 8.29. The summed E-state index contributed by atoms with van der Waals surface area (Å²) in [7, 11) is 0. The average molecular weight is 268 g/mol. The molecule has 15 heavy (non-hydrogen) atoms. The van der Waals surface area contributed by atoms with Crippen LogP contribution in [0, 0.1) is 28.9 Å². The van der Waals surface area contributed by atoms with Crippen molar-refractivity contribution in [3.05, 3.63) is 39.4 Å². The van der Waals surface area contributed by atoms with E-state index in [1.807, 2.05) is 0 Å². The van der Waals surface area contributed by atoms with Crippen molar-refractivity contribution in [2.75, 3.05) is 5.33 Å². The number of para-hydroxylation sites is 1. The number of nitro groups is 1. The molecule has 3 nitrogen and oxygen atoms in total. The van der Waals surface area contributed by atoms with E-state index in [4.69, 9.17) is 0 Å². The maximum atomic E-state index is 10.8. The molecule has 0 atom stereocenters. The van der Waals surface area contributed by atoms with E-state index >= 15 is 0 Å². The Hall–Kier alpha value is -1.34. The number of nitrogens with zero attached hydrogens (tertiary/aromatic N) is 1. The summed E-state index contributed by atoms with van der Waals surface area (Å²) in [6, 6.07) is 5.17. The van der Waals surface area contributed by atoms with Crippen LogP contribution in [0.5, 0.6) is 0 Å². The molecule has 0 aliphatic carbocycles. The van der Waals surface area contributed by atoms with Crippen LogP contribution in [-0.2, 0) is 0 Å². The van der Waals surface area contributed by atoms with Gasteiger partial charge in [0.05, 0.1) is 4.92 Å². The van der Waals surface area contributed by atoms with Gasteiger partial charge < -0.3 is 0 Å². The molecule has 1 aromatic rings. The van der Waals surface area contributed by atoms with Gasteiger partial charge in [-0.1, -0.05) is 39.9 Å². The van der Waals surface area contributed by atoms with Gasteiger partial charge in [-0.15, -0.1) is 0 Å². The maximum absolute atomic E-state index is 10.8. The molecule has 0 fully saturated rings. The minimum atomic E-state index is -0.381. The summed E-state index contributed by atoms with van der Waals surface area (Å²) in [5.41, 5.74) is 1.24. The van der Waals surface area contributed by atoms with Crippen molar-refractivity contribution in [2.24, 2.45) is 0 Å². The predicted octanol–water partition coefficient (Wildman–Crippen LogP) is 3.04. The third kappa shape index (κ3) is 3.07. The fourth-order valence-corrected chi connectivity index (χ4v) is 1.41. The number of benzene rings is 1. The highest BCUT2D eigenvalue weighted by molar-refractivity contribution is 9.09. The van der Waals surface area contributed by atoms with Crippen molar-refractivity contribution >= 4 is 21.6 Å². The zero-order valence-corrected chi connectivity index (χ0v) is 9.87. The topological polar surface area (TPSA) is 43.1 Å². The molecule has 78 valence electrons. The van der Waals surface area contributed by atoms with E-state index in [0.29, 0.717) is 17.5 Å². The van der Waals surface area contributed by atoms with Crippen molar-refractivity contribution in [1.29, 1.82) is 0 Å². The lowest BCUT2D eigenvalue weighted by atomic mass is 10.1. The van der Waals surface area contributed by atoms with E-state index in [1.54, 1.807) is 25.1 Å². The van der Waals surface area contributed by atoms with E-state index in [2.05, 4.69) is 27.8 Å². The number of alkyl halides is 1. The Labute approximate surface area is 96.8 Å². The van der Waals surface area contributed by atoms with E-state index < -0.39 is 0 Å². The Morgan fingerprint density at radius 2 is 2.27 bits per heavy atom. The molecule has 0 N–H and O–H groups in total. The van der Waals surface area contributed by atoms with Crippen LogP contribution in [0.4, 0.5) is 5.69 Å². The van der Waals surface area contributed by atoms with Gasteiger partial charge in [-0.05, 0) is 13.0 Å². The maximum Gasteiger partial charge on any atom is 0.287 e. The van der Waals surface area contributed by atoms with Crippen LogP contribution in [0.3, 0.4) is 0 Å². The van der Waals surface area contributed by atoms with Gasteiger partial charge in [-0.25, -0.2) is 0 Å². The summed E-state index contributed by atoms with van der Waals surface area (Å²) in [5.74, 6) is 5.69. The van der Waals surface area contributed by atoms with Crippen LogP contribution >= 0.6 is 15.9 Å². The van der Waals surface area contributed by atoms with Gasteiger partial charge in [0.25, 0.3) is 5.69 Å². The molecule has 0 aromatic heterocycles. The normalized spacial score (nSPS) is 9.20. The van der Waals surface area contributed by atoms with Crippen molar-refractivity contribution in [3.63, 3.8) is 0 Å². The van der Waals surface area contributed by atoms with Crippen LogP contribution < -0.4 is 0 Å². The molecule has 0 aliphatic rings. The summed E-state index contributed by atoms with van der Waals surface area (Å²) >= 11 is 3.25. The fraction of sp³-hybridized carbons (Fsp3) is 0.273. The lowest BCUT2D eigenvalue weighted by Gasteiger charge is -1.98. The van der Waals surface area contributed by atoms with Crippen LogP contribution in [0.2, 0.25) is 0 Å². The largest absolute Gasteiger partial charge is 0.287 e. The van der Waals surface area contributed by atoms with E-state index in [-0.39, 0.29) is 10.6 Å².